The number of nitrogens with two attached hydrogens (primary N) is 1. The number of imidazole rings is 1. The van der Waals surface area contributed by atoms with E-state index in [0.717, 1.165) is 23.9 Å². The smallest absolute Gasteiger partial charge is 0.180 e. The Morgan fingerprint density at radius 3 is 2.94 bits per heavy atom. The lowest BCUT2D eigenvalue weighted by Gasteiger charge is -2.28. The first-order valence-corrected chi connectivity index (χ1v) is 6.51. The van der Waals surface area contributed by atoms with E-state index >= 15 is 0 Å². The van der Waals surface area contributed by atoms with Crippen LogP contribution in [0, 0.1) is 5.92 Å². The van der Waals surface area contributed by atoms with E-state index in [1.165, 1.54) is 12.8 Å². The van der Waals surface area contributed by atoms with Crippen molar-refractivity contribution in [2.75, 3.05) is 17.2 Å². The standard InChI is InChI=1S/C13H19N5/c1-9(2)18(7-10-3-4-10)13-12-15-5-6-17(12)8-11(14)16-13/h5-6,8-10H,3-4,7,14H2,1-2H3. The van der Waals surface area contributed by atoms with Crippen molar-refractivity contribution >= 4 is 17.3 Å². The second-order valence-corrected chi connectivity index (χ2v) is 5.34. The van der Waals surface area contributed by atoms with Gasteiger partial charge in [-0.1, -0.05) is 0 Å². The number of nitrogen functional groups attached to an aromatic ring is 1. The molecule has 5 nitrogen and oxygen atoms in total. The second-order valence-electron chi connectivity index (χ2n) is 5.34. The van der Waals surface area contributed by atoms with Crippen molar-refractivity contribution < 1.29 is 0 Å². The van der Waals surface area contributed by atoms with Gasteiger partial charge in [-0.05, 0) is 32.6 Å². The highest BCUT2D eigenvalue weighted by Gasteiger charge is 2.27. The summed E-state index contributed by atoms with van der Waals surface area (Å²) in [6.45, 7) is 5.43. The first kappa shape index (κ1) is 11.3. The fourth-order valence-electron chi connectivity index (χ4n) is 2.25. The fourth-order valence-corrected chi connectivity index (χ4v) is 2.25. The maximum atomic E-state index is 5.88. The van der Waals surface area contributed by atoms with E-state index in [9.17, 15) is 0 Å². The Labute approximate surface area is 107 Å². The van der Waals surface area contributed by atoms with Gasteiger partial charge in [0, 0.05) is 25.0 Å². The fraction of sp³-hybridized carbons (Fsp3) is 0.538. The number of hydrogen-bond acceptors (Lipinski definition) is 4. The molecular formula is C13H19N5. The summed E-state index contributed by atoms with van der Waals surface area (Å²) in [5.74, 6) is 2.25. The van der Waals surface area contributed by atoms with Crippen LogP contribution >= 0.6 is 0 Å². The van der Waals surface area contributed by atoms with Gasteiger partial charge < -0.3 is 15.0 Å². The summed E-state index contributed by atoms with van der Waals surface area (Å²) in [4.78, 5) is 11.2. The van der Waals surface area contributed by atoms with Crippen LogP contribution < -0.4 is 10.6 Å². The third-order valence-corrected chi connectivity index (χ3v) is 3.42. The van der Waals surface area contributed by atoms with Crippen LogP contribution in [0.5, 0.6) is 0 Å². The van der Waals surface area contributed by atoms with E-state index in [-0.39, 0.29) is 0 Å². The van der Waals surface area contributed by atoms with Gasteiger partial charge in [-0.25, -0.2) is 9.97 Å². The molecule has 1 aliphatic rings. The molecule has 0 unspecified atom stereocenters. The highest BCUT2D eigenvalue weighted by atomic mass is 15.2. The summed E-state index contributed by atoms with van der Waals surface area (Å²) in [7, 11) is 0. The zero-order chi connectivity index (χ0) is 12.7. The highest BCUT2D eigenvalue weighted by Crippen LogP contribution is 2.33. The normalized spacial score (nSPS) is 15.5. The van der Waals surface area contributed by atoms with E-state index in [2.05, 4.69) is 28.7 Å². The highest BCUT2D eigenvalue weighted by molar-refractivity contribution is 5.66. The van der Waals surface area contributed by atoms with E-state index in [1.54, 1.807) is 6.20 Å². The molecule has 2 N–H and O–H groups in total. The molecule has 0 radical (unpaired) electrons. The molecule has 0 aromatic carbocycles. The molecule has 0 saturated heterocycles. The minimum absolute atomic E-state index is 0.403. The average molecular weight is 245 g/mol. The first-order valence-electron chi connectivity index (χ1n) is 6.51. The Morgan fingerprint density at radius 1 is 1.50 bits per heavy atom. The maximum Gasteiger partial charge on any atom is 0.180 e. The number of fused-ring (bicyclic) bond motifs is 1. The molecular weight excluding hydrogens is 226 g/mol. The molecule has 96 valence electrons. The Bertz CT molecular complexity index is 556. The zero-order valence-corrected chi connectivity index (χ0v) is 10.9. The average Bonchev–Trinajstić information content (AvgIpc) is 3.01. The number of hydrogen-bond donors (Lipinski definition) is 1. The van der Waals surface area contributed by atoms with Gasteiger partial charge in [0.05, 0.1) is 6.20 Å². The summed E-state index contributed by atoms with van der Waals surface area (Å²) in [6, 6.07) is 0.403. The molecule has 0 atom stereocenters. The molecule has 1 aliphatic carbocycles. The van der Waals surface area contributed by atoms with Crippen LogP contribution in [0.3, 0.4) is 0 Å². The Kier molecular flexibility index (Phi) is 2.61. The molecule has 0 bridgehead atoms. The Morgan fingerprint density at radius 2 is 2.28 bits per heavy atom. The monoisotopic (exact) mass is 245 g/mol. The minimum atomic E-state index is 0.403. The van der Waals surface area contributed by atoms with E-state index in [4.69, 9.17) is 5.73 Å². The van der Waals surface area contributed by atoms with Crippen molar-refractivity contribution in [3.05, 3.63) is 18.6 Å². The SMILES string of the molecule is CC(C)N(CC1CC1)c1nc(N)cn2ccnc12. The molecule has 0 spiro atoms. The summed E-state index contributed by atoms with van der Waals surface area (Å²) < 4.78 is 1.94. The van der Waals surface area contributed by atoms with Crippen LogP contribution in [-0.4, -0.2) is 27.0 Å². The Hall–Kier alpha value is -1.78. The molecule has 3 rings (SSSR count). The maximum absolute atomic E-state index is 5.88. The van der Waals surface area contributed by atoms with Gasteiger partial charge in [0.15, 0.2) is 11.5 Å². The lowest BCUT2D eigenvalue weighted by atomic mass is 10.2. The first-order chi connectivity index (χ1) is 8.65. The molecule has 18 heavy (non-hydrogen) atoms. The van der Waals surface area contributed by atoms with Crippen LogP contribution in [0.4, 0.5) is 11.6 Å². The number of nitrogens with zero attached hydrogens (tertiary/aromatic N) is 4. The van der Waals surface area contributed by atoms with Gasteiger partial charge in [-0.15, -0.1) is 0 Å². The van der Waals surface area contributed by atoms with Gasteiger partial charge in [-0.3, -0.25) is 0 Å². The summed E-state index contributed by atoms with van der Waals surface area (Å²) in [5.41, 5.74) is 6.77. The number of anilines is 2. The molecule has 0 aliphatic heterocycles. The van der Waals surface area contributed by atoms with Gasteiger partial charge >= 0.3 is 0 Å². The van der Waals surface area contributed by atoms with Crippen molar-refractivity contribution in [3.8, 4) is 0 Å². The molecule has 5 heteroatoms. The second kappa shape index (κ2) is 4.15. The molecule has 2 aromatic rings. The third kappa shape index (κ3) is 2.00. The largest absolute Gasteiger partial charge is 0.382 e. The number of aromatic nitrogens is 3. The topological polar surface area (TPSA) is 59.5 Å². The van der Waals surface area contributed by atoms with Gasteiger partial charge in [0.1, 0.15) is 5.82 Å². The predicted molar refractivity (Wildman–Crippen MR) is 72.6 cm³/mol. The van der Waals surface area contributed by atoms with Crippen molar-refractivity contribution in [1.29, 1.82) is 0 Å². The van der Waals surface area contributed by atoms with E-state index in [0.29, 0.717) is 11.9 Å². The van der Waals surface area contributed by atoms with Crippen molar-refractivity contribution in [2.24, 2.45) is 5.92 Å². The zero-order valence-electron chi connectivity index (χ0n) is 10.9. The van der Waals surface area contributed by atoms with Crippen LogP contribution in [-0.2, 0) is 0 Å². The van der Waals surface area contributed by atoms with Crippen LogP contribution in [0.2, 0.25) is 0 Å². The lowest BCUT2D eigenvalue weighted by Crippen LogP contribution is -2.34. The van der Waals surface area contributed by atoms with Crippen LogP contribution in [0.1, 0.15) is 26.7 Å². The van der Waals surface area contributed by atoms with Gasteiger partial charge in [0.2, 0.25) is 0 Å². The van der Waals surface area contributed by atoms with Crippen molar-refractivity contribution in [1.82, 2.24) is 14.4 Å². The van der Waals surface area contributed by atoms with Gasteiger partial charge in [0.25, 0.3) is 0 Å². The van der Waals surface area contributed by atoms with Crippen molar-refractivity contribution in [2.45, 2.75) is 32.7 Å². The lowest BCUT2D eigenvalue weighted by molar-refractivity contribution is 0.637. The molecule has 2 heterocycles. The molecule has 1 saturated carbocycles. The summed E-state index contributed by atoms with van der Waals surface area (Å²) in [5, 5.41) is 0. The van der Waals surface area contributed by atoms with Crippen LogP contribution in [0.25, 0.3) is 5.65 Å². The molecule has 2 aromatic heterocycles. The Balaban J connectivity index is 2.05. The minimum Gasteiger partial charge on any atom is -0.382 e. The third-order valence-electron chi connectivity index (χ3n) is 3.42. The van der Waals surface area contributed by atoms with E-state index in [1.807, 2.05) is 16.8 Å². The van der Waals surface area contributed by atoms with Crippen molar-refractivity contribution in [3.63, 3.8) is 0 Å². The summed E-state index contributed by atoms with van der Waals surface area (Å²) in [6.07, 6.45) is 8.16. The van der Waals surface area contributed by atoms with Crippen LogP contribution in [0.15, 0.2) is 18.6 Å². The van der Waals surface area contributed by atoms with Gasteiger partial charge in [-0.2, -0.15) is 0 Å². The predicted octanol–water partition coefficient (Wildman–Crippen LogP) is 1.94. The summed E-state index contributed by atoms with van der Waals surface area (Å²) >= 11 is 0. The molecule has 0 amide bonds. The van der Waals surface area contributed by atoms with E-state index < -0.39 is 0 Å². The molecule has 1 fully saturated rings. The number of rotatable bonds is 4. The quantitative estimate of drug-likeness (QED) is 0.894.